The number of aromatic amines is 2. The van der Waals surface area contributed by atoms with Gasteiger partial charge in [-0.25, -0.2) is 19.6 Å². The fraction of sp³-hybridized carbons (Fsp3) is 0.551. The van der Waals surface area contributed by atoms with Gasteiger partial charge in [0, 0.05) is 23.2 Å². The highest BCUT2D eigenvalue weighted by atomic mass is 16.5. The first-order chi connectivity index (χ1) is 30.3. The molecule has 0 spiro atoms. The number of hydrogen-bond donors (Lipinski definition) is 4. The van der Waals surface area contributed by atoms with Crippen LogP contribution in [0.2, 0.25) is 0 Å². The number of nitrogens with zero attached hydrogens (tertiary/aromatic N) is 4. The zero-order valence-electron chi connectivity index (χ0n) is 38.0. The van der Waals surface area contributed by atoms with Crippen molar-refractivity contribution in [3.8, 4) is 22.5 Å². The summed E-state index contributed by atoms with van der Waals surface area (Å²) < 4.78 is 9.73. The van der Waals surface area contributed by atoms with Crippen LogP contribution in [0.1, 0.15) is 119 Å². The molecule has 4 heterocycles. The van der Waals surface area contributed by atoms with Gasteiger partial charge in [-0.1, -0.05) is 64.4 Å². The van der Waals surface area contributed by atoms with Gasteiger partial charge in [-0.05, 0) is 117 Å². The lowest BCUT2D eigenvalue weighted by atomic mass is 9.94. The van der Waals surface area contributed by atoms with Crippen molar-refractivity contribution < 1.29 is 28.7 Å². The fourth-order valence-corrected chi connectivity index (χ4v) is 11.1. The van der Waals surface area contributed by atoms with Crippen LogP contribution in [0.4, 0.5) is 9.59 Å². The number of piperidine rings is 2. The summed E-state index contributed by atoms with van der Waals surface area (Å²) in [5.74, 6) is 1.78. The van der Waals surface area contributed by atoms with E-state index in [9.17, 15) is 19.2 Å². The average molecular weight is 861 g/mol. The van der Waals surface area contributed by atoms with Crippen LogP contribution >= 0.6 is 0 Å². The average Bonchev–Trinajstić information content (AvgIpc) is 4.15. The van der Waals surface area contributed by atoms with E-state index in [4.69, 9.17) is 19.4 Å². The molecule has 2 aliphatic heterocycles. The van der Waals surface area contributed by atoms with Gasteiger partial charge in [0.1, 0.15) is 23.7 Å². The predicted octanol–water partition coefficient (Wildman–Crippen LogP) is 7.99. The molecule has 2 saturated heterocycles. The smallest absolute Gasteiger partial charge is 0.407 e. The van der Waals surface area contributed by atoms with Gasteiger partial charge in [-0.15, -0.1) is 0 Å². The first-order valence-corrected chi connectivity index (χ1v) is 22.9. The summed E-state index contributed by atoms with van der Waals surface area (Å²) in [5, 5.41) is 5.57. The summed E-state index contributed by atoms with van der Waals surface area (Å²) in [6, 6.07) is 11.8. The molecule has 4 bridgehead atoms. The molecule has 8 atom stereocenters. The van der Waals surface area contributed by atoms with Gasteiger partial charge in [0.25, 0.3) is 0 Å². The molecule has 4 amide bonds. The first-order valence-electron chi connectivity index (χ1n) is 22.9. The summed E-state index contributed by atoms with van der Waals surface area (Å²) in [4.78, 5) is 73.9. The van der Waals surface area contributed by atoms with Crippen LogP contribution in [0.3, 0.4) is 0 Å². The molecular weight excluding hydrogens is 797 g/mol. The third-order valence-corrected chi connectivity index (χ3v) is 14.3. The molecule has 2 saturated carbocycles. The van der Waals surface area contributed by atoms with E-state index >= 15 is 0 Å². The van der Waals surface area contributed by atoms with Gasteiger partial charge in [-0.3, -0.25) is 9.59 Å². The molecule has 2 aromatic carbocycles. The maximum Gasteiger partial charge on any atom is 0.407 e. The highest BCUT2D eigenvalue weighted by molar-refractivity contribution is 5.88. The number of imidazole rings is 2. The third kappa shape index (κ3) is 8.57. The van der Waals surface area contributed by atoms with Crippen LogP contribution in [0.25, 0.3) is 22.5 Å². The van der Waals surface area contributed by atoms with Crippen molar-refractivity contribution >= 4 is 24.0 Å². The Morgan fingerprint density at radius 1 is 0.698 bits per heavy atom. The number of ether oxygens (including phenoxy) is 2. The number of rotatable bonds is 14. The minimum atomic E-state index is -0.691. The molecule has 0 radical (unpaired) electrons. The number of methoxy groups -OCH3 is 2. The number of hydrogen-bond acceptors (Lipinski definition) is 8. The molecule has 336 valence electrons. The van der Waals surface area contributed by atoms with Crippen molar-refractivity contribution in [2.75, 3.05) is 14.2 Å². The number of benzene rings is 2. The Morgan fingerprint density at radius 2 is 1.19 bits per heavy atom. The van der Waals surface area contributed by atoms with Crippen LogP contribution in [-0.2, 0) is 38.3 Å². The fourth-order valence-electron chi connectivity index (χ4n) is 11.1. The highest BCUT2D eigenvalue weighted by Gasteiger charge is 2.53. The van der Waals surface area contributed by atoms with Crippen molar-refractivity contribution in [2.24, 2.45) is 23.7 Å². The van der Waals surface area contributed by atoms with Gasteiger partial charge in [0.2, 0.25) is 11.8 Å². The number of amides is 4. The lowest BCUT2D eigenvalue weighted by Gasteiger charge is -2.37. The predicted molar refractivity (Wildman–Crippen MR) is 239 cm³/mol. The minimum absolute atomic E-state index is 0.0870. The summed E-state index contributed by atoms with van der Waals surface area (Å²) in [5.41, 5.74) is 8.83. The normalized spacial score (nSPS) is 23.4. The van der Waals surface area contributed by atoms with Gasteiger partial charge in [-0.2, -0.15) is 0 Å². The van der Waals surface area contributed by atoms with Crippen molar-refractivity contribution in [3.05, 3.63) is 82.7 Å². The lowest BCUT2D eigenvalue weighted by Crippen LogP contribution is -2.54. The summed E-state index contributed by atoms with van der Waals surface area (Å²) in [6.07, 6.45) is 10.9. The Balaban J connectivity index is 1.01. The SMILES string of the molecule is CCc1ccc(CCc2ccc(C)cc2-c2cnc([C@@H]3C4CCC(C4)N3C(=O)[C@@H](NC(=O)OC)C(C)C)[nH]2)cc1-c1cnc([C@@H]2C3CCC(C3)N2C(=O)[C@@H](NC(=O)OC)C(C)C)[nH]1. The number of carbonyl (C=O) groups excluding carboxylic acids is 4. The minimum Gasteiger partial charge on any atom is -0.453 e. The molecule has 14 heteroatoms. The second-order valence-corrected chi connectivity index (χ2v) is 18.9. The van der Waals surface area contributed by atoms with E-state index in [0.29, 0.717) is 11.8 Å². The van der Waals surface area contributed by atoms with Gasteiger partial charge < -0.3 is 39.9 Å². The van der Waals surface area contributed by atoms with Crippen LogP contribution in [0.5, 0.6) is 0 Å². The molecule has 4 fully saturated rings. The standard InChI is InChI=1S/C49H64N8O6/c1-9-30-14-11-29(21-37(30)39-25-51-45(53-39)43-33-17-19-35(23-33)57(43)47(59)41(27(4)5)55-49(61)63-8)12-15-31-13-10-28(6)20-36(31)38-24-50-44(52-38)42-32-16-18-34(22-32)56(42)46(58)40(26(2)3)54-48(60)62-7/h10-11,13-14,20-21,24-27,32-35,40-43H,9,12,15-19,22-23H2,1-8H3,(H,50,52)(H,51,53)(H,54,60)(H,55,61)/t32?,33?,34?,35?,40-,41-,42-,43-/m0/s1. The van der Waals surface area contributed by atoms with Crippen molar-refractivity contribution in [2.45, 2.75) is 136 Å². The van der Waals surface area contributed by atoms with E-state index in [0.717, 1.165) is 97.5 Å². The van der Waals surface area contributed by atoms with Crippen LogP contribution in [0, 0.1) is 30.6 Å². The Labute approximate surface area is 370 Å². The van der Waals surface area contributed by atoms with Crippen LogP contribution in [-0.4, -0.2) is 92.1 Å². The number of fused-ring (bicyclic) bond motifs is 4. The van der Waals surface area contributed by atoms with Gasteiger partial charge >= 0.3 is 12.2 Å². The quantitative estimate of drug-likeness (QED) is 0.0987. The van der Waals surface area contributed by atoms with Gasteiger partial charge in [0.05, 0.1) is 50.1 Å². The number of likely N-dealkylation sites (tertiary alicyclic amines) is 2. The zero-order chi connectivity index (χ0) is 44.7. The van der Waals surface area contributed by atoms with Crippen molar-refractivity contribution in [1.82, 2.24) is 40.4 Å². The summed E-state index contributed by atoms with van der Waals surface area (Å²) >= 11 is 0. The molecule has 63 heavy (non-hydrogen) atoms. The second kappa shape index (κ2) is 18.2. The Hall–Kier alpha value is -5.66. The van der Waals surface area contributed by atoms with E-state index in [1.54, 1.807) is 0 Å². The molecule has 4 aromatic rings. The van der Waals surface area contributed by atoms with E-state index < -0.39 is 24.3 Å². The largest absolute Gasteiger partial charge is 0.453 e. The third-order valence-electron chi connectivity index (χ3n) is 14.3. The Bertz CT molecular complexity index is 2330. The highest BCUT2D eigenvalue weighted by Crippen LogP contribution is 2.51. The van der Waals surface area contributed by atoms with Gasteiger partial charge in [0.15, 0.2) is 0 Å². The number of aromatic nitrogens is 4. The van der Waals surface area contributed by atoms with Crippen molar-refractivity contribution in [1.29, 1.82) is 0 Å². The van der Waals surface area contributed by atoms with Crippen molar-refractivity contribution in [3.63, 3.8) is 0 Å². The van der Waals surface area contributed by atoms with Crippen LogP contribution in [0.15, 0.2) is 48.8 Å². The maximum absolute atomic E-state index is 14.1. The number of H-pyrrole nitrogens is 2. The van der Waals surface area contributed by atoms with E-state index in [2.05, 4.69) is 70.8 Å². The number of alkyl carbamates (subject to hydrolysis) is 2. The molecule has 4 N–H and O–H groups in total. The Morgan fingerprint density at radius 3 is 1.67 bits per heavy atom. The lowest BCUT2D eigenvalue weighted by molar-refractivity contribution is -0.140. The monoisotopic (exact) mass is 860 g/mol. The van der Waals surface area contributed by atoms with E-state index in [1.807, 2.05) is 49.9 Å². The van der Waals surface area contributed by atoms with E-state index in [-0.39, 0.29) is 47.8 Å². The first kappa shape index (κ1) is 44.0. The van der Waals surface area contributed by atoms with Crippen LogP contribution < -0.4 is 10.6 Å². The van der Waals surface area contributed by atoms with E-state index in [1.165, 1.54) is 30.9 Å². The molecule has 8 rings (SSSR count). The molecular formula is C49H64N8O6. The Kier molecular flexibility index (Phi) is 12.7. The number of carbonyl (C=O) groups is 4. The second-order valence-electron chi connectivity index (χ2n) is 18.9. The summed E-state index contributed by atoms with van der Waals surface area (Å²) in [7, 11) is 2.63. The number of aryl methyl sites for hydroxylation is 4. The molecule has 4 aliphatic rings. The topological polar surface area (TPSA) is 175 Å². The number of nitrogens with one attached hydrogen (secondary N) is 4. The molecule has 2 aliphatic carbocycles. The molecule has 14 nitrogen and oxygen atoms in total. The summed E-state index contributed by atoms with van der Waals surface area (Å²) in [6.45, 7) is 12.0. The molecule has 2 aromatic heterocycles. The maximum atomic E-state index is 14.1. The molecule has 4 unspecified atom stereocenters. The zero-order valence-corrected chi connectivity index (χ0v) is 38.0.